The summed E-state index contributed by atoms with van der Waals surface area (Å²) < 4.78 is 0. The Bertz CT molecular complexity index is 721. The maximum Gasteiger partial charge on any atom is 0.308 e. The van der Waals surface area contributed by atoms with E-state index in [4.69, 9.17) is 5.11 Å². The second kappa shape index (κ2) is 8.46. The zero-order valence-electron chi connectivity index (χ0n) is 13.0. The molecular weight excluding hydrogens is 371 g/mol. The number of hydrogen-bond donors (Lipinski definition) is 1. The van der Waals surface area contributed by atoms with Crippen LogP contribution in [0.4, 0.5) is 0 Å². The molecule has 1 aromatic carbocycles. The minimum absolute atomic E-state index is 0. The number of thiazole rings is 1. The molecule has 0 spiro atoms. The number of nitrogens with zero attached hydrogens (tertiary/aromatic N) is 2. The number of aliphatic carboxylic acids is 1. The van der Waals surface area contributed by atoms with Crippen LogP contribution < -0.4 is 0 Å². The van der Waals surface area contributed by atoms with E-state index in [1.807, 2.05) is 37.3 Å². The first kappa shape index (κ1) is 20.4. The molecule has 1 amide bonds. The number of rotatable bonds is 3. The molecule has 8 heteroatoms. The Labute approximate surface area is 156 Å². The molecule has 5 nitrogen and oxygen atoms in total. The van der Waals surface area contributed by atoms with Crippen molar-refractivity contribution in [1.82, 2.24) is 9.88 Å². The van der Waals surface area contributed by atoms with Crippen molar-refractivity contribution in [2.45, 2.75) is 13.3 Å². The normalized spacial score (nSPS) is 16.2. The predicted octanol–water partition coefficient (Wildman–Crippen LogP) is 3.51. The van der Waals surface area contributed by atoms with Crippen molar-refractivity contribution in [3.05, 3.63) is 40.9 Å². The molecule has 1 N–H and O–H groups in total. The average molecular weight is 389 g/mol. The number of aryl methyl sites for hydroxylation is 1. The van der Waals surface area contributed by atoms with Crippen LogP contribution in [-0.2, 0) is 4.79 Å². The first-order chi connectivity index (χ1) is 10.6. The third-order valence-corrected chi connectivity index (χ3v) is 5.03. The summed E-state index contributed by atoms with van der Waals surface area (Å²) >= 11 is 1.37. The van der Waals surface area contributed by atoms with E-state index in [9.17, 15) is 9.59 Å². The smallest absolute Gasteiger partial charge is 0.308 e. The number of carboxylic acid groups (broad SMARTS) is 1. The summed E-state index contributed by atoms with van der Waals surface area (Å²) in [7, 11) is 0. The van der Waals surface area contributed by atoms with Gasteiger partial charge in [-0.3, -0.25) is 9.59 Å². The molecule has 0 saturated carbocycles. The van der Waals surface area contributed by atoms with Gasteiger partial charge in [0.25, 0.3) is 5.91 Å². The third kappa shape index (κ3) is 4.06. The first-order valence-corrected chi connectivity index (χ1v) is 7.93. The molecule has 1 saturated heterocycles. The van der Waals surface area contributed by atoms with Crippen molar-refractivity contribution < 1.29 is 14.7 Å². The minimum Gasteiger partial charge on any atom is -0.481 e. The number of carbonyl (C=O) groups is 2. The number of carbonyl (C=O) groups excluding carboxylic acids is 1. The summed E-state index contributed by atoms with van der Waals surface area (Å²) in [5.74, 6) is -1.40. The van der Waals surface area contributed by atoms with Crippen LogP contribution in [0.2, 0.25) is 0 Å². The van der Waals surface area contributed by atoms with E-state index < -0.39 is 11.9 Å². The van der Waals surface area contributed by atoms with Crippen LogP contribution in [0.5, 0.6) is 0 Å². The number of aromatic nitrogens is 1. The molecule has 3 rings (SSSR count). The largest absolute Gasteiger partial charge is 0.481 e. The molecule has 1 atom stereocenters. The summed E-state index contributed by atoms with van der Waals surface area (Å²) in [4.78, 5) is 30.3. The highest BCUT2D eigenvalue weighted by Gasteiger charge is 2.32. The zero-order chi connectivity index (χ0) is 15.7. The topological polar surface area (TPSA) is 70.5 Å². The Morgan fingerprint density at radius 3 is 2.50 bits per heavy atom. The van der Waals surface area contributed by atoms with E-state index in [-0.39, 0.29) is 37.3 Å². The summed E-state index contributed by atoms with van der Waals surface area (Å²) in [6, 6.07) is 9.73. The number of carboxylic acids is 1. The van der Waals surface area contributed by atoms with Gasteiger partial charge in [-0.15, -0.1) is 36.2 Å². The van der Waals surface area contributed by atoms with Crippen LogP contribution in [0.15, 0.2) is 30.3 Å². The Kier molecular flexibility index (Phi) is 7.20. The van der Waals surface area contributed by atoms with Crippen LogP contribution in [0.1, 0.15) is 21.8 Å². The lowest BCUT2D eigenvalue weighted by Crippen LogP contribution is -2.29. The Balaban J connectivity index is 0.00000144. The van der Waals surface area contributed by atoms with Gasteiger partial charge in [-0.05, 0) is 13.3 Å². The molecular formula is C16H18Cl2N2O3S. The second-order valence-electron chi connectivity index (χ2n) is 5.37. The van der Waals surface area contributed by atoms with Gasteiger partial charge in [0.15, 0.2) is 0 Å². The number of likely N-dealkylation sites (tertiary alicyclic amines) is 1. The number of halogens is 2. The molecule has 1 aliphatic heterocycles. The van der Waals surface area contributed by atoms with E-state index in [1.165, 1.54) is 11.3 Å². The highest BCUT2D eigenvalue weighted by Crippen LogP contribution is 2.30. The average Bonchev–Trinajstić information content (AvgIpc) is 3.14. The lowest BCUT2D eigenvalue weighted by molar-refractivity contribution is -0.141. The van der Waals surface area contributed by atoms with Gasteiger partial charge in [0.2, 0.25) is 0 Å². The molecule has 24 heavy (non-hydrogen) atoms. The molecule has 1 fully saturated rings. The van der Waals surface area contributed by atoms with Crippen molar-refractivity contribution in [1.29, 1.82) is 0 Å². The summed E-state index contributed by atoms with van der Waals surface area (Å²) in [5, 5.41) is 9.86. The molecule has 0 aliphatic carbocycles. The van der Waals surface area contributed by atoms with Crippen molar-refractivity contribution in [3.8, 4) is 10.6 Å². The number of amides is 1. The van der Waals surface area contributed by atoms with Crippen LogP contribution >= 0.6 is 36.2 Å². The van der Waals surface area contributed by atoms with Crippen LogP contribution in [-0.4, -0.2) is 40.0 Å². The van der Waals surface area contributed by atoms with Crippen molar-refractivity contribution in [3.63, 3.8) is 0 Å². The van der Waals surface area contributed by atoms with E-state index in [0.717, 1.165) is 10.6 Å². The van der Waals surface area contributed by atoms with E-state index in [1.54, 1.807) is 4.90 Å². The van der Waals surface area contributed by atoms with Gasteiger partial charge in [-0.2, -0.15) is 0 Å². The van der Waals surface area contributed by atoms with Gasteiger partial charge in [0.1, 0.15) is 9.88 Å². The Morgan fingerprint density at radius 2 is 1.92 bits per heavy atom. The predicted molar refractivity (Wildman–Crippen MR) is 98.4 cm³/mol. The Morgan fingerprint density at radius 1 is 1.25 bits per heavy atom. The second-order valence-corrected chi connectivity index (χ2v) is 6.37. The molecule has 1 unspecified atom stereocenters. The fourth-order valence-electron chi connectivity index (χ4n) is 2.59. The highest BCUT2D eigenvalue weighted by molar-refractivity contribution is 7.17. The first-order valence-electron chi connectivity index (χ1n) is 7.11. The molecule has 2 heterocycles. The van der Waals surface area contributed by atoms with Gasteiger partial charge in [0, 0.05) is 18.7 Å². The Hall–Kier alpha value is -1.63. The summed E-state index contributed by atoms with van der Waals surface area (Å²) in [6.07, 6.45) is 0.518. The molecule has 2 aromatic rings. The standard InChI is InChI=1S/C16H16N2O3S.2ClH/c1-10-13(15(19)18-8-7-12(9-18)16(20)21)22-14(17-10)11-5-3-2-4-6-11;;/h2-6,12H,7-9H2,1H3,(H,20,21);2*1H. The fraction of sp³-hybridized carbons (Fsp3) is 0.312. The number of benzene rings is 1. The lowest BCUT2D eigenvalue weighted by Gasteiger charge is -2.14. The zero-order valence-corrected chi connectivity index (χ0v) is 15.4. The van der Waals surface area contributed by atoms with Crippen molar-refractivity contribution in [2.24, 2.45) is 5.92 Å². The van der Waals surface area contributed by atoms with Gasteiger partial charge in [-0.1, -0.05) is 30.3 Å². The van der Waals surface area contributed by atoms with E-state index >= 15 is 0 Å². The highest BCUT2D eigenvalue weighted by atomic mass is 35.5. The van der Waals surface area contributed by atoms with E-state index in [0.29, 0.717) is 23.5 Å². The maximum absolute atomic E-state index is 12.6. The van der Waals surface area contributed by atoms with Crippen molar-refractivity contribution >= 4 is 48.0 Å². The molecule has 130 valence electrons. The van der Waals surface area contributed by atoms with Gasteiger partial charge in [-0.25, -0.2) is 4.98 Å². The van der Waals surface area contributed by atoms with Crippen LogP contribution in [0, 0.1) is 12.8 Å². The monoisotopic (exact) mass is 388 g/mol. The van der Waals surface area contributed by atoms with Crippen LogP contribution in [0.3, 0.4) is 0 Å². The summed E-state index contributed by atoms with van der Waals surface area (Å²) in [5.41, 5.74) is 1.69. The maximum atomic E-state index is 12.6. The van der Waals surface area contributed by atoms with Crippen molar-refractivity contribution in [2.75, 3.05) is 13.1 Å². The lowest BCUT2D eigenvalue weighted by atomic mass is 10.1. The molecule has 0 radical (unpaired) electrons. The molecule has 1 aromatic heterocycles. The van der Waals surface area contributed by atoms with Crippen LogP contribution in [0.25, 0.3) is 10.6 Å². The number of hydrogen-bond acceptors (Lipinski definition) is 4. The third-order valence-electron chi connectivity index (χ3n) is 3.84. The van der Waals surface area contributed by atoms with Gasteiger partial charge >= 0.3 is 5.97 Å². The molecule has 1 aliphatic rings. The van der Waals surface area contributed by atoms with Gasteiger partial charge in [0.05, 0.1) is 11.6 Å². The van der Waals surface area contributed by atoms with E-state index in [2.05, 4.69) is 4.98 Å². The summed E-state index contributed by atoms with van der Waals surface area (Å²) in [6.45, 7) is 2.60. The molecule has 0 bridgehead atoms. The minimum atomic E-state index is -0.832. The fourth-order valence-corrected chi connectivity index (χ4v) is 3.63. The van der Waals surface area contributed by atoms with Gasteiger partial charge < -0.3 is 10.0 Å². The quantitative estimate of drug-likeness (QED) is 0.872. The SMILES string of the molecule is Cc1nc(-c2ccccc2)sc1C(=O)N1CCC(C(=O)O)C1.Cl.Cl.